The minimum Gasteiger partial charge on any atom is -0.481 e. The number of rotatable bonds is 26. The molecule has 0 saturated heterocycles. The Balaban J connectivity index is 1.53. The monoisotopic (exact) mass is 910 g/mol. The Bertz CT molecular complexity index is 2210. The molecule has 16 nitrogen and oxygen atoms in total. The number of aromatic amines is 1. The van der Waals surface area contributed by atoms with Crippen LogP contribution in [0, 0.1) is 17.8 Å². The fourth-order valence-electron chi connectivity index (χ4n) is 8.02. The van der Waals surface area contributed by atoms with Crippen molar-refractivity contribution in [3.05, 3.63) is 108 Å². The van der Waals surface area contributed by atoms with E-state index in [1.54, 1.807) is 6.20 Å². The molecule has 9 N–H and O–H groups in total. The highest BCUT2D eigenvalue weighted by molar-refractivity contribution is 5.96. The lowest BCUT2D eigenvalue weighted by Crippen LogP contribution is -2.60. The molecule has 5 amide bonds. The van der Waals surface area contributed by atoms with Gasteiger partial charge >= 0.3 is 11.9 Å². The van der Waals surface area contributed by atoms with Crippen LogP contribution < -0.4 is 31.9 Å². The summed E-state index contributed by atoms with van der Waals surface area (Å²) in [5.41, 5.74) is 3.07. The maximum Gasteiger partial charge on any atom is 0.326 e. The Kier molecular flexibility index (Phi) is 19.9. The van der Waals surface area contributed by atoms with Crippen LogP contribution >= 0.6 is 0 Å². The quantitative estimate of drug-likeness (QED) is 0.0422. The molecule has 0 radical (unpaired) electrons. The lowest BCUT2D eigenvalue weighted by Gasteiger charge is -2.32. The van der Waals surface area contributed by atoms with Gasteiger partial charge in [0.25, 0.3) is 0 Å². The van der Waals surface area contributed by atoms with Crippen molar-refractivity contribution < 1.29 is 43.8 Å². The molecule has 0 spiro atoms. The summed E-state index contributed by atoms with van der Waals surface area (Å²) >= 11 is 0. The number of H-pyrrole nitrogens is 1. The summed E-state index contributed by atoms with van der Waals surface area (Å²) in [6, 6.07) is 19.1. The number of benzene rings is 3. The molecule has 0 unspecified atom stereocenters. The molecule has 1 heterocycles. The second-order valence-electron chi connectivity index (χ2n) is 17.6. The van der Waals surface area contributed by atoms with E-state index in [9.17, 15) is 43.8 Å². The minimum atomic E-state index is -1.56. The van der Waals surface area contributed by atoms with E-state index >= 15 is 0 Å². The van der Waals surface area contributed by atoms with Crippen LogP contribution in [0.15, 0.2) is 91.1 Å². The molecule has 16 heteroatoms. The lowest BCUT2D eigenvalue weighted by atomic mass is 9.84. The number of hydrogen-bond donors (Lipinski definition) is 9. The number of para-hydroxylation sites is 1. The Morgan fingerprint density at radius 1 is 0.606 bits per heavy atom. The van der Waals surface area contributed by atoms with Crippen LogP contribution in [0.1, 0.15) is 96.8 Å². The molecule has 356 valence electrons. The molecule has 0 aliphatic rings. The lowest BCUT2D eigenvalue weighted by molar-refractivity contribution is -0.142. The van der Waals surface area contributed by atoms with Crippen molar-refractivity contribution in [3.63, 3.8) is 0 Å². The first-order valence-electron chi connectivity index (χ1n) is 22.7. The summed E-state index contributed by atoms with van der Waals surface area (Å²) in [5.74, 6) is -7.01. The predicted molar refractivity (Wildman–Crippen MR) is 252 cm³/mol. The van der Waals surface area contributed by atoms with E-state index in [-0.39, 0.29) is 37.1 Å². The van der Waals surface area contributed by atoms with Crippen molar-refractivity contribution in [2.24, 2.45) is 17.8 Å². The number of carbonyl (C=O) groups excluding carboxylic acids is 5. The number of hydrogen-bond acceptors (Lipinski definition) is 8. The van der Waals surface area contributed by atoms with Crippen molar-refractivity contribution in [3.8, 4) is 0 Å². The zero-order valence-corrected chi connectivity index (χ0v) is 38.9. The molecule has 0 bridgehead atoms. The van der Waals surface area contributed by atoms with Gasteiger partial charge in [-0.2, -0.15) is 0 Å². The number of carboxylic acids is 2. The van der Waals surface area contributed by atoms with E-state index in [0.29, 0.717) is 12.8 Å². The van der Waals surface area contributed by atoms with Gasteiger partial charge in [0.15, 0.2) is 0 Å². The molecule has 4 aromatic rings. The third-order valence-electron chi connectivity index (χ3n) is 12.1. The van der Waals surface area contributed by atoms with Gasteiger partial charge in [0, 0.05) is 48.9 Å². The number of aromatic nitrogens is 1. The van der Waals surface area contributed by atoms with Gasteiger partial charge in [0.1, 0.15) is 24.2 Å². The van der Waals surface area contributed by atoms with Gasteiger partial charge in [0.2, 0.25) is 29.5 Å². The Hall–Kier alpha value is -6.55. The number of fused-ring (bicyclic) bond motifs is 1. The van der Waals surface area contributed by atoms with Crippen LogP contribution in [0.2, 0.25) is 0 Å². The SMILES string of the molecule is CC[C@H](C)[C@H](NC[C@@H](NC(=O)[C@H](CC(=O)O)NC(=O)[C@H](CC(C)C)NC(=O)[C@H](NC(C)=O)C(c1ccccc1)c1ccccc1)[C@@H](C)CC)C(=O)N[C@@H](Cc1c[nH]c2ccccc12)C(=O)O. The second-order valence-corrected chi connectivity index (χ2v) is 17.6. The van der Waals surface area contributed by atoms with Crippen LogP contribution in [0.3, 0.4) is 0 Å². The smallest absolute Gasteiger partial charge is 0.326 e. The number of carboxylic acid groups (broad SMARTS) is 2. The maximum atomic E-state index is 14.3. The van der Waals surface area contributed by atoms with Crippen molar-refractivity contribution in [1.82, 2.24) is 36.9 Å². The zero-order chi connectivity index (χ0) is 48.5. The first-order chi connectivity index (χ1) is 31.4. The van der Waals surface area contributed by atoms with Crippen LogP contribution in [0.5, 0.6) is 0 Å². The molecule has 4 rings (SSSR count). The molecule has 66 heavy (non-hydrogen) atoms. The predicted octanol–water partition coefficient (Wildman–Crippen LogP) is 4.64. The van der Waals surface area contributed by atoms with Gasteiger partial charge in [-0.1, -0.05) is 133 Å². The van der Waals surface area contributed by atoms with Gasteiger partial charge in [-0.15, -0.1) is 0 Å². The molecular weight excluding hydrogens is 843 g/mol. The van der Waals surface area contributed by atoms with E-state index in [1.807, 2.05) is 126 Å². The summed E-state index contributed by atoms with van der Waals surface area (Å²) < 4.78 is 0. The highest BCUT2D eigenvalue weighted by atomic mass is 16.4. The molecule has 0 aliphatic carbocycles. The van der Waals surface area contributed by atoms with Crippen LogP contribution in [0.4, 0.5) is 0 Å². The fraction of sp³-hybridized carbons (Fsp3) is 0.460. The molecule has 3 aromatic carbocycles. The molecule has 0 saturated carbocycles. The van der Waals surface area contributed by atoms with Gasteiger partial charge in [-0.3, -0.25) is 28.8 Å². The highest BCUT2D eigenvalue weighted by Gasteiger charge is 2.37. The Labute approximate surface area is 386 Å². The number of aliphatic carboxylic acids is 2. The highest BCUT2D eigenvalue weighted by Crippen LogP contribution is 2.29. The van der Waals surface area contributed by atoms with Crippen LogP contribution in [-0.2, 0) is 40.0 Å². The van der Waals surface area contributed by atoms with Crippen molar-refractivity contribution >= 4 is 52.4 Å². The van der Waals surface area contributed by atoms with Gasteiger partial charge in [-0.25, -0.2) is 4.79 Å². The fourth-order valence-corrected chi connectivity index (χ4v) is 8.02. The third-order valence-corrected chi connectivity index (χ3v) is 12.1. The first kappa shape index (κ1) is 52.1. The standard InChI is InChI=1S/C50H67N7O9/c1-8-30(5)41(28-52-44(31(6)9-2)48(63)56-40(50(65)66)25-35-27-51-37-23-17-16-22-36(35)37)57-47(62)39(26-42(59)60)54-46(61)38(24-29(3)4)55-49(64)45(53-32(7)58)43(33-18-12-10-13-19-33)34-20-14-11-15-21-34/h10-23,27,29-31,38-41,43-45,51-52H,8-9,24-26,28H2,1-7H3,(H,53,58)(H,54,61)(H,55,64)(H,56,63)(H,57,62)(H,59,60)(H,65,66)/t30-,31-,38-,39-,40-,41+,44-,45+/m0/s1. The maximum absolute atomic E-state index is 14.3. The Morgan fingerprint density at radius 3 is 1.68 bits per heavy atom. The second kappa shape index (κ2) is 25.2. The van der Waals surface area contributed by atoms with E-state index in [4.69, 9.17) is 0 Å². The summed E-state index contributed by atoms with van der Waals surface area (Å²) in [4.78, 5) is 96.8. The topological polar surface area (TPSA) is 248 Å². The Morgan fingerprint density at radius 2 is 1.14 bits per heavy atom. The molecular formula is C50H67N7O9. The van der Waals surface area contributed by atoms with Crippen LogP contribution in [-0.4, -0.2) is 99.5 Å². The summed E-state index contributed by atoms with van der Waals surface area (Å²) in [6.45, 7) is 12.6. The first-order valence-corrected chi connectivity index (χ1v) is 22.7. The van der Waals surface area contributed by atoms with E-state index < -0.39 is 90.1 Å². The number of carbonyl (C=O) groups is 7. The van der Waals surface area contributed by atoms with Gasteiger partial charge in [-0.05, 0) is 46.9 Å². The molecule has 1 aromatic heterocycles. The molecule has 0 aliphatic heterocycles. The minimum absolute atomic E-state index is 0.0417. The average molecular weight is 910 g/mol. The van der Waals surface area contributed by atoms with E-state index in [0.717, 1.165) is 27.6 Å². The van der Waals surface area contributed by atoms with Crippen molar-refractivity contribution in [2.45, 2.75) is 123 Å². The average Bonchev–Trinajstić information content (AvgIpc) is 3.69. The summed E-state index contributed by atoms with van der Waals surface area (Å²) in [6.07, 6.45) is 2.27. The molecule has 8 atom stereocenters. The van der Waals surface area contributed by atoms with Gasteiger partial charge in [0.05, 0.1) is 12.5 Å². The summed E-state index contributed by atoms with van der Waals surface area (Å²) in [7, 11) is 0. The normalized spacial score (nSPS) is 15.0. The van der Waals surface area contributed by atoms with Crippen molar-refractivity contribution in [2.75, 3.05) is 6.54 Å². The van der Waals surface area contributed by atoms with E-state index in [2.05, 4.69) is 36.9 Å². The third kappa shape index (κ3) is 15.0. The van der Waals surface area contributed by atoms with Crippen molar-refractivity contribution in [1.29, 1.82) is 0 Å². The zero-order valence-electron chi connectivity index (χ0n) is 38.9. The largest absolute Gasteiger partial charge is 0.481 e. The van der Waals surface area contributed by atoms with Gasteiger partial charge < -0.3 is 47.1 Å². The molecule has 0 fully saturated rings. The number of amides is 5. The summed E-state index contributed by atoms with van der Waals surface area (Å²) in [5, 5.41) is 38.0. The van der Waals surface area contributed by atoms with Crippen LogP contribution in [0.25, 0.3) is 10.9 Å². The number of nitrogens with one attached hydrogen (secondary N) is 7. The van der Waals surface area contributed by atoms with E-state index in [1.165, 1.54) is 6.92 Å².